The fraction of sp³-hybridized carbons (Fsp3) is 0.235. The second-order valence-electron chi connectivity index (χ2n) is 4.89. The van der Waals surface area contributed by atoms with Crippen molar-refractivity contribution in [2.24, 2.45) is 5.92 Å². The lowest BCUT2D eigenvalue weighted by molar-refractivity contribution is 0.534. The van der Waals surface area contributed by atoms with Gasteiger partial charge >= 0.3 is 0 Å². The van der Waals surface area contributed by atoms with Gasteiger partial charge in [0.05, 0.1) is 6.07 Å². The molecule has 0 radical (unpaired) electrons. The van der Waals surface area contributed by atoms with Gasteiger partial charge in [-0.15, -0.1) is 0 Å². The Hall–Kier alpha value is -1.49. The van der Waals surface area contributed by atoms with Crippen LogP contribution in [0.4, 0.5) is 0 Å². The number of nitriles is 1. The van der Waals surface area contributed by atoms with Crippen LogP contribution < -0.4 is 0 Å². The average Bonchev–Trinajstić information content (AvgIpc) is 2.44. The van der Waals surface area contributed by atoms with E-state index in [2.05, 4.69) is 6.07 Å². The van der Waals surface area contributed by atoms with Crippen LogP contribution in [0.3, 0.4) is 0 Å². The smallest absolute Gasteiger partial charge is 0.0624 e. The van der Waals surface area contributed by atoms with Crippen LogP contribution in [-0.4, -0.2) is 0 Å². The van der Waals surface area contributed by atoms with Gasteiger partial charge in [-0.3, -0.25) is 0 Å². The minimum Gasteiger partial charge on any atom is -0.198 e. The Morgan fingerprint density at radius 3 is 1.55 bits per heavy atom. The first-order valence-corrected chi connectivity index (χ1v) is 7.29. The van der Waals surface area contributed by atoms with Gasteiger partial charge in [-0.25, -0.2) is 0 Å². The van der Waals surface area contributed by atoms with Gasteiger partial charge in [0.15, 0.2) is 0 Å². The van der Waals surface area contributed by atoms with Crippen molar-refractivity contribution in [1.29, 1.82) is 5.26 Å². The number of rotatable bonds is 5. The molecule has 102 valence electrons. The van der Waals surface area contributed by atoms with Gasteiger partial charge in [0.2, 0.25) is 0 Å². The third kappa shape index (κ3) is 4.56. The van der Waals surface area contributed by atoms with E-state index in [0.29, 0.717) is 12.3 Å². The van der Waals surface area contributed by atoms with Crippen molar-refractivity contribution in [3.8, 4) is 6.07 Å². The fourth-order valence-electron chi connectivity index (χ4n) is 2.25. The summed E-state index contributed by atoms with van der Waals surface area (Å²) in [6.45, 7) is 0. The molecule has 0 aliphatic carbocycles. The number of nitrogens with zero attached hydrogens (tertiary/aromatic N) is 1. The van der Waals surface area contributed by atoms with Gasteiger partial charge in [0.1, 0.15) is 0 Å². The molecule has 1 nitrogen and oxygen atoms in total. The molecule has 0 bridgehead atoms. The molecule has 2 rings (SSSR count). The molecule has 0 N–H and O–H groups in total. The molecule has 2 aromatic carbocycles. The summed E-state index contributed by atoms with van der Waals surface area (Å²) in [5, 5.41) is 10.5. The van der Waals surface area contributed by atoms with Crippen LogP contribution in [0.2, 0.25) is 10.0 Å². The summed E-state index contributed by atoms with van der Waals surface area (Å²) in [7, 11) is 0. The summed E-state index contributed by atoms with van der Waals surface area (Å²) >= 11 is 11.8. The number of hydrogen-bond acceptors (Lipinski definition) is 1. The molecule has 2 aromatic rings. The quantitative estimate of drug-likeness (QED) is 0.734. The van der Waals surface area contributed by atoms with Gasteiger partial charge in [-0.05, 0) is 54.2 Å². The van der Waals surface area contributed by atoms with Crippen LogP contribution in [0.5, 0.6) is 0 Å². The molecule has 3 heteroatoms. The van der Waals surface area contributed by atoms with E-state index in [1.165, 1.54) is 11.1 Å². The van der Waals surface area contributed by atoms with Crippen LogP contribution in [0, 0.1) is 17.2 Å². The zero-order valence-corrected chi connectivity index (χ0v) is 12.5. The average molecular weight is 304 g/mol. The molecule has 0 aliphatic rings. The Morgan fingerprint density at radius 2 is 1.20 bits per heavy atom. The Labute approximate surface area is 129 Å². The summed E-state index contributed by atoms with van der Waals surface area (Å²) in [6.07, 6.45) is 2.31. The highest BCUT2D eigenvalue weighted by Crippen LogP contribution is 2.20. The van der Waals surface area contributed by atoms with E-state index < -0.39 is 0 Å². The number of halogens is 2. The van der Waals surface area contributed by atoms with E-state index in [4.69, 9.17) is 28.5 Å². The van der Waals surface area contributed by atoms with Gasteiger partial charge < -0.3 is 0 Å². The highest BCUT2D eigenvalue weighted by atomic mass is 35.5. The van der Waals surface area contributed by atoms with E-state index >= 15 is 0 Å². The van der Waals surface area contributed by atoms with Crippen LogP contribution in [0.25, 0.3) is 0 Å². The first-order chi connectivity index (χ1) is 9.67. The molecule has 0 amide bonds. The van der Waals surface area contributed by atoms with E-state index in [-0.39, 0.29) is 0 Å². The lowest BCUT2D eigenvalue weighted by Crippen LogP contribution is -2.07. The van der Waals surface area contributed by atoms with Crippen molar-refractivity contribution in [2.45, 2.75) is 19.3 Å². The molecule has 20 heavy (non-hydrogen) atoms. The third-order valence-corrected chi connectivity index (χ3v) is 3.76. The largest absolute Gasteiger partial charge is 0.198 e. The zero-order valence-electron chi connectivity index (χ0n) is 11.0. The fourth-order valence-corrected chi connectivity index (χ4v) is 2.51. The molecule has 0 heterocycles. The maximum absolute atomic E-state index is 8.99. The van der Waals surface area contributed by atoms with E-state index in [9.17, 15) is 0 Å². The lowest BCUT2D eigenvalue weighted by Gasteiger charge is -2.14. The Morgan fingerprint density at radius 1 is 0.800 bits per heavy atom. The topological polar surface area (TPSA) is 23.8 Å². The zero-order chi connectivity index (χ0) is 14.4. The van der Waals surface area contributed by atoms with Crippen molar-refractivity contribution < 1.29 is 0 Å². The minimum atomic E-state index is 0.308. The molecular weight excluding hydrogens is 289 g/mol. The predicted molar refractivity (Wildman–Crippen MR) is 84.0 cm³/mol. The van der Waals surface area contributed by atoms with Gasteiger partial charge in [-0.1, -0.05) is 47.5 Å². The standard InChI is InChI=1S/C17H15Cl2N/c18-16-5-1-13(2-6-16)11-15(9-10-20)12-14-3-7-17(19)8-4-14/h1-8,15H,9,11-12H2. The van der Waals surface area contributed by atoms with Gasteiger partial charge in [0.25, 0.3) is 0 Å². The number of hydrogen-bond donors (Lipinski definition) is 0. The summed E-state index contributed by atoms with van der Waals surface area (Å²) in [6, 6.07) is 17.9. The summed E-state index contributed by atoms with van der Waals surface area (Å²) in [4.78, 5) is 0. The summed E-state index contributed by atoms with van der Waals surface area (Å²) < 4.78 is 0. The predicted octanol–water partition coefficient (Wildman–Crippen LogP) is 5.31. The molecule has 0 atom stereocenters. The molecule has 0 aliphatic heterocycles. The minimum absolute atomic E-state index is 0.308. The Balaban J connectivity index is 2.05. The van der Waals surface area contributed by atoms with Crippen LogP contribution in [-0.2, 0) is 12.8 Å². The Bertz CT molecular complexity index is 534. The normalized spacial score (nSPS) is 10.5. The van der Waals surface area contributed by atoms with Crippen molar-refractivity contribution >= 4 is 23.2 Å². The second-order valence-corrected chi connectivity index (χ2v) is 5.76. The van der Waals surface area contributed by atoms with Crippen LogP contribution >= 0.6 is 23.2 Å². The summed E-state index contributed by atoms with van der Waals surface area (Å²) in [5.74, 6) is 0.308. The molecule has 0 aromatic heterocycles. The third-order valence-electron chi connectivity index (χ3n) is 3.26. The first kappa shape index (κ1) is 14.9. The maximum Gasteiger partial charge on any atom is 0.0624 e. The van der Waals surface area contributed by atoms with E-state index in [1.54, 1.807) is 0 Å². The molecule has 0 unspecified atom stereocenters. The van der Waals surface area contributed by atoms with Crippen molar-refractivity contribution in [2.75, 3.05) is 0 Å². The molecule has 0 spiro atoms. The second kappa shape index (κ2) is 7.33. The van der Waals surface area contributed by atoms with E-state index in [1.807, 2.05) is 48.5 Å². The molecule has 0 saturated heterocycles. The summed E-state index contributed by atoms with van der Waals surface area (Å²) in [5.41, 5.74) is 2.42. The Kier molecular flexibility index (Phi) is 5.47. The van der Waals surface area contributed by atoms with Crippen LogP contribution in [0.1, 0.15) is 17.5 Å². The van der Waals surface area contributed by atoms with Gasteiger partial charge in [0, 0.05) is 16.5 Å². The van der Waals surface area contributed by atoms with E-state index in [0.717, 1.165) is 22.9 Å². The van der Waals surface area contributed by atoms with Crippen LogP contribution in [0.15, 0.2) is 48.5 Å². The highest BCUT2D eigenvalue weighted by molar-refractivity contribution is 6.30. The monoisotopic (exact) mass is 303 g/mol. The molecular formula is C17H15Cl2N. The lowest BCUT2D eigenvalue weighted by atomic mass is 9.90. The SMILES string of the molecule is N#CCC(Cc1ccc(Cl)cc1)Cc1ccc(Cl)cc1. The molecule has 0 saturated carbocycles. The molecule has 0 fully saturated rings. The first-order valence-electron chi connectivity index (χ1n) is 6.53. The maximum atomic E-state index is 8.99. The van der Waals surface area contributed by atoms with Crippen molar-refractivity contribution in [3.05, 3.63) is 69.7 Å². The van der Waals surface area contributed by atoms with Gasteiger partial charge in [-0.2, -0.15) is 5.26 Å². The van der Waals surface area contributed by atoms with Crippen molar-refractivity contribution in [3.63, 3.8) is 0 Å². The highest BCUT2D eigenvalue weighted by Gasteiger charge is 2.11. The van der Waals surface area contributed by atoms with Crippen molar-refractivity contribution in [1.82, 2.24) is 0 Å². The number of benzene rings is 2.